The molecule has 1 aliphatic heterocycles. The first-order valence-electron chi connectivity index (χ1n) is 12.2. The average Bonchev–Trinajstić information content (AvgIpc) is 3.23. The number of benzene rings is 1. The molecule has 186 valence electrons. The van der Waals surface area contributed by atoms with Gasteiger partial charge in [0.05, 0.1) is 6.54 Å². The number of likely N-dealkylation sites (tertiary alicyclic amines) is 1. The maximum atomic E-state index is 12.4. The zero-order chi connectivity index (χ0) is 24.5. The summed E-state index contributed by atoms with van der Waals surface area (Å²) in [5.41, 5.74) is 2.78. The number of nitrogens with one attached hydrogen (secondary N) is 3. The number of fused-ring (bicyclic) bond motifs is 1. The van der Waals surface area contributed by atoms with Gasteiger partial charge in [0.15, 0.2) is 11.6 Å². The summed E-state index contributed by atoms with van der Waals surface area (Å²) in [5.74, 6) is 2.27. The summed E-state index contributed by atoms with van der Waals surface area (Å²) in [6.45, 7) is 2.13. The zero-order valence-corrected chi connectivity index (χ0v) is 20.5. The number of H-pyrrole nitrogens is 1. The average molecular weight is 505 g/mol. The molecule has 0 radical (unpaired) electrons. The second-order valence-electron chi connectivity index (χ2n) is 9.44. The first-order valence-corrected chi connectivity index (χ1v) is 13.0. The number of carbonyl (C=O) groups excluding carboxylic acids is 1. The molecule has 6 rings (SSSR count). The van der Waals surface area contributed by atoms with E-state index in [1.165, 1.54) is 24.6 Å². The molecule has 2 aliphatic rings. The van der Waals surface area contributed by atoms with Gasteiger partial charge >= 0.3 is 0 Å². The van der Waals surface area contributed by atoms with E-state index in [0.717, 1.165) is 47.1 Å². The maximum Gasteiger partial charge on any atom is 0.238 e. The van der Waals surface area contributed by atoms with Crippen molar-refractivity contribution in [2.75, 3.05) is 36.9 Å². The van der Waals surface area contributed by atoms with Gasteiger partial charge in [0.1, 0.15) is 5.52 Å². The highest BCUT2D eigenvalue weighted by atomic mass is 32.2. The molecule has 0 spiro atoms. The third-order valence-electron chi connectivity index (χ3n) is 6.58. The van der Waals surface area contributed by atoms with Crippen molar-refractivity contribution in [2.45, 2.75) is 35.2 Å². The number of amides is 1. The second kappa shape index (κ2) is 9.92. The summed E-state index contributed by atoms with van der Waals surface area (Å²) in [7, 11) is 0. The topological polar surface area (TPSA) is 123 Å². The fraction of sp³-hybridized carbons (Fsp3) is 0.360. The first-order chi connectivity index (χ1) is 17.6. The molecular formula is C25H28N8O2S. The Hall–Kier alpha value is -3.41. The highest BCUT2D eigenvalue weighted by Gasteiger charge is 2.26. The van der Waals surface area contributed by atoms with Crippen LogP contribution in [-0.2, 0) is 4.79 Å². The lowest BCUT2D eigenvalue weighted by Gasteiger charge is -2.15. The molecule has 1 saturated heterocycles. The van der Waals surface area contributed by atoms with E-state index in [1.54, 1.807) is 4.52 Å². The van der Waals surface area contributed by atoms with Crippen LogP contribution < -0.4 is 10.6 Å². The van der Waals surface area contributed by atoms with Gasteiger partial charge in [-0.15, -0.1) is 5.10 Å². The van der Waals surface area contributed by atoms with Crippen molar-refractivity contribution < 1.29 is 9.90 Å². The Bertz CT molecular complexity index is 1360. The van der Waals surface area contributed by atoms with Gasteiger partial charge in [0, 0.05) is 47.6 Å². The standard InChI is InChI=1S/C25H28N8O2S/c34-15-16-9-11-32(13-16)14-23(35)26-18-5-7-19(8-6-18)36-25-28-24(21-2-1-10-33(21)31-25)27-22-12-20(29-30-22)17-3-4-17/h1-2,5-8,10,12,16-17,34H,3-4,9,11,13-15H2,(H,26,35)(H2,27,28,29,30,31)/t16-/m1/s1. The monoisotopic (exact) mass is 504 g/mol. The van der Waals surface area contributed by atoms with E-state index in [1.807, 2.05) is 48.7 Å². The normalized spacial score (nSPS) is 18.1. The number of aromatic amines is 1. The number of hydrogen-bond acceptors (Lipinski definition) is 8. The third kappa shape index (κ3) is 5.23. The van der Waals surface area contributed by atoms with Crippen LogP contribution in [-0.4, -0.2) is 67.0 Å². The third-order valence-corrected chi connectivity index (χ3v) is 7.44. The van der Waals surface area contributed by atoms with E-state index >= 15 is 0 Å². The highest BCUT2D eigenvalue weighted by molar-refractivity contribution is 7.99. The van der Waals surface area contributed by atoms with Crippen LogP contribution >= 0.6 is 11.8 Å². The van der Waals surface area contributed by atoms with E-state index in [0.29, 0.717) is 23.4 Å². The molecule has 0 bridgehead atoms. The van der Waals surface area contributed by atoms with Crippen molar-refractivity contribution >= 4 is 40.5 Å². The summed E-state index contributed by atoms with van der Waals surface area (Å²) in [5, 5.41) is 28.3. The largest absolute Gasteiger partial charge is 0.396 e. The Morgan fingerprint density at radius 3 is 2.83 bits per heavy atom. The lowest BCUT2D eigenvalue weighted by atomic mass is 10.1. The van der Waals surface area contributed by atoms with Crippen LogP contribution in [0.1, 0.15) is 30.9 Å². The lowest BCUT2D eigenvalue weighted by Crippen LogP contribution is -2.31. The van der Waals surface area contributed by atoms with Crippen LogP contribution in [0.3, 0.4) is 0 Å². The van der Waals surface area contributed by atoms with Crippen LogP contribution in [0.15, 0.2) is 58.7 Å². The van der Waals surface area contributed by atoms with Crippen molar-refractivity contribution in [3.8, 4) is 0 Å². The molecular weight excluding hydrogens is 476 g/mol. The summed E-state index contributed by atoms with van der Waals surface area (Å²) >= 11 is 1.45. The fourth-order valence-corrected chi connectivity index (χ4v) is 5.24. The molecule has 11 heteroatoms. The maximum absolute atomic E-state index is 12.4. The minimum atomic E-state index is -0.0469. The number of aliphatic hydroxyl groups excluding tert-OH is 1. The van der Waals surface area contributed by atoms with Crippen molar-refractivity contribution in [3.05, 3.63) is 54.4 Å². The number of hydrogen-bond donors (Lipinski definition) is 4. The second-order valence-corrected chi connectivity index (χ2v) is 10.5. The van der Waals surface area contributed by atoms with Crippen LogP contribution in [0.25, 0.3) is 5.52 Å². The van der Waals surface area contributed by atoms with Gasteiger partial charge in [0.25, 0.3) is 0 Å². The fourth-order valence-electron chi connectivity index (χ4n) is 4.50. The number of aliphatic hydroxyl groups is 1. The summed E-state index contributed by atoms with van der Waals surface area (Å²) in [6, 6.07) is 13.6. The van der Waals surface area contributed by atoms with Crippen LogP contribution in [0, 0.1) is 5.92 Å². The predicted octanol–water partition coefficient (Wildman–Crippen LogP) is 3.48. The minimum Gasteiger partial charge on any atom is -0.396 e. The molecule has 3 aromatic heterocycles. The van der Waals surface area contributed by atoms with Crippen molar-refractivity contribution in [1.29, 1.82) is 0 Å². The molecule has 1 saturated carbocycles. The Morgan fingerprint density at radius 1 is 1.19 bits per heavy atom. The summed E-state index contributed by atoms with van der Waals surface area (Å²) in [4.78, 5) is 20.2. The van der Waals surface area contributed by atoms with Crippen LogP contribution in [0.5, 0.6) is 0 Å². The predicted molar refractivity (Wildman–Crippen MR) is 138 cm³/mol. The Balaban J connectivity index is 1.11. The molecule has 2 fully saturated rings. The summed E-state index contributed by atoms with van der Waals surface area (Å²) in [6.07, 6.45) is 5.26. The zero-order valence-electron chi connectivity index (χ0n) is 19.7. The molecule has 36 heavy (non-hydrogen) atoms. The van der Waals surface area contributed by atoms with Gasteiger partial charge in [-0.25, -0.2) is 9.50 Å². The molecule has 1 atom stereocenters. The SMILES string of the molecule is O=C(CN1CC[C@@H](CO)C1)Nc1ccc(Sc2nc(Nc3cc(C4CC4)[nH]n3)c3cccn3n2)cc1. The quantitative estimate of drug-likeness (QED) is 0.273. The van der Waals surface area contributed by atoms with Crippen molar-refractivity contribution in [1.82, 2.24) is 29.7 Å². The van der Waals surface area contributed by atoms with E-state index in [9.17, 15) is 9.90 Å². The van der Waals surface area contributed by atoms with Crippen molar-refractivity contribution in [2.24, 2.45) is 5.92 Å². The van der Waals surface area contributed by atoms with Crippen LogP contribution in [0.2, 0.25) is 0 Å². The smallest absolute Gasteiger partial charge is 0.238 e. The molecule has 4 aromatic rings. The number of carbonyl (C=O) groups is 1. The molecule has 4 heterocycles. The van der Waals surface area contributed by atoms with Gasteiger partial charge in [-0.3, -0.25) is 14.8 Å². The minimum absolute atomic E-state index is 0.0469. The first kappa shape index (κ1) is 23.0. The number of nitrogens with zero attached hydrogens (tertiary/aromatic N) is 5. The lowest BCUT2D eigenvalue weighted by molar-refractivity contribution is -0.117. The number of rotatable bonds is 9. The van der Waals surface area contributed by atoms with Crippen LogP contribution in [0.4, 0.5) is 17.3 Å². The number of anilines is 3. The van der Waals surface area contributed by atoms with Gasteiger partial charge in [0.2, 0.25) is 11.1 Å². The van der Waals surface area contributed by atoms with E-state index in [-0.39, 0.29) is 18.4 Å². The van der Waals surface area contributed by atoms with Gasteiger partial charge in [-0.2, -0.15) is 5.10 Å². The molecule has 0 unspecified atom stereocenters. The Morgan fingerprint density at radius 2 is 2.06 bits per heavy atom. The molecule has 10 nitrogen and oxygen atoms in total. The molecule has 1 amide bonds. The number of aromatic nitrogens is 5. The Labute approximate surface area is 212 Å². The van der Waals surface area contributed by atoms with E-state index in [4.69, 9.17) is 4.98 Å². The van der Waals surface area contributed by atoms with Gasteiger partial charge in [-0.05, 0) is 79.9 Å². The molecule has 1 aromatic carbocycles. The van der Waals surface area contributed by atoms with E-state index in [2.05, 4.69) is 30.8 Å². The van der Waals surface area contributed by atoms with Crippen molar-refractivity contribution in [3.63, 3.8) is 0 Å². The summed E-state index contributed by atoms with van der Waals surface area (Å²) < 4.78 is 1.81. The van der Waals surface area contributed by atoms with Gasteiger partial charge < -0.3 is 15.7 Å². The molecule has 4 N–H and O–H groups in total. The molecule has 1 aliphatic carbocycles. The van der Waals surface area contributed by atoms with E-state index < -0.39 is 0 Å². The highest BCUT2D eigenvalue weighted by Crippen LogP contribution is 2.39. The van der Waals surface area contributed by atoms with Gasteiger partial charge in [-0.1, -0.05) is 0 Å². The Kier molecular flexibility index (Phi) is 6.34.